The summed E-state index contributed by atoms with van der Waals surface area (Å²) in [6.07, 6.45) is 0. The molecular weight excluding hydrogens is 871 g/mol. The first-order valence-corrected chi connectivity index (χ1v) is 22.0. The van der Waals surface area contributed by atoms with Crippen LogP contribution >= 0.6 is 0 Å². The highest BCUT2D eigenvalue weighted by molar-refractivity contribution is 6.78. The maximum absolute atomic E-state index is 7.35. The third kappa shape index (κ3) is 6.85. The van der Waals surface area contributed by atoms with E-state index in [9.17, 15) is 0 Å². The Bertz CT molecular complexity index is 4330. The molecule has 0 aliphatic heterocycles. The summed E-state index contributed by atoms with van der Waals surface area (Å²) in [6.45, 7) is 0. The first kappa shape index (κ1) is 54.0. The van der Waals surface area contributed by atoms with Crippen LogP contribution in [0.3, 0.4) is 0 Å². The zero-order valence-corrected chi connectivity index (χ0v) is 39.6. The maximum Gasteiger partial charge on any atom is 0.128 e. The largest absolute Gasteiger partial charge is 0.457 e. The van der Waals surface area contributed by atoms with E-state index in [-0.39, 0.29) is 251 Å². The van der Waals surface area contributed by atoms with E-state index in [0.29, 0.717) is 0 Å². The predicted octanol–water partition coefficient (Wildman–Crippen LogP) is -20.6. The molecule has 75 heavy (non-hydrogen) atoms. The van der Waals surface area contributed by atoms with Crippen LogP contribution < -0.4 is 153 Å². The van der Waals surface area contributed by atoms with E-state index in [1.54, 1.807) is 0 Å². The number of hydrogen-bond acceptors (Lipinski definition) is 1. The lowest BCUT2D eigenvalue weighted by Crippen LogP contribution is -2.52. The van der Waals surface area contributed by atoms with Crippen LogP contribution in [0.15, 0.2) is 4.42 Å². The minimum atomic E-state index is -0.280. The van der Waals surface area contributed by atoms with Gasteiger partial charge in [0.1, 0.15) is 231 Å². The van der Waals surface area contributed by atoms with Crippen molar-refractivity contribution in [1.82, 2.24) is 0 Å². The van der Waals surface area contributed by atoms with Gasteiger partial charge in [-0.25, -0.2) is 0 Å². The molecule has 274 valence electrons. The molecule has 0 amide bonds. The molecule has 0 bridgehead atoms. The Kier molecular flexibility index (Phi) is 13.0. The monoisotopic (exact) mass is 876 g/mol. The molecule has 0 atom stereocenters. The van der Waals surface area contributed by atoms with E-state index in [4.69, 9.17) is 224 Å². The third-order valence-electron chi connectivity index (χ3n) is 14.7. The van der Waals surface area contributed by atoms with Gasteiger partial charge in [-0.15, -0.1) is 54.6 Å². The maximum atomic E-state index is 7.35. The molecule has 56 radical (unpaired) electrons. The van der Waals surface area contributed by atoms with E-state index < -0.39 is 0 Å². The van der Waals surface area contributed by atoms with Gasteiger partial charge < -0.3 is 4.42 Å². The van der Waals surface area contributed by atoms with Crippen molar-refractivity contribution in [3.05, 3.63) is 0 Å². The number of fused-ring (bicyclic) bond motifs is 8. The van der Waals surface area contributed by atoms with Crippen LogP contribution in [0.25, 0.3) is 98.4 Å². The smallest absolute Gasteiger partial charge is 0.128 e. The Morgan fingerprint density at radius 3 is 0.680 bits per heavy atom. The summed E-state index contributed by atoms with van der Waals surface area (Å²) in [5.74, 6) is 0. The lowest BCUT2D eigenvalue weighted by Gasteiger charge is -2.33. The standard InChI is InChI=1S/C46B28O/c47-17-3(8-9(23(53)39(69)38(68)22(8)52)10-12(17)30(60)41(71)40(70)24(10)54)1-4-6(20(50)36(66)34(64)18(4)48)2(7-5(1)19(49)35(65)37(67)21(7)51)11-25(55)27(57)13(28(58)26(11)56)14-29(59)31(61)15-16-32(62)42(72)43(73)44(74)46(16)75-45(15)33(14)63. The molecule has 0 saturated heterocycles. The second kappa shape index (κ2) is 18.1. The molecule has 1 aromatic heterocycles. The second-order valence-corrected chi connectivity index (χ2v) is 18.3. The molecule has 0 unspecified atom stereocenters. The molecule has 10 aromatic rings. The number of rotatable bonds is 3. The molecule has 1 nitrogen and oxygen atoms in total. The normalized spacial score (nSPS) is 11.9. The van der Waals surface area contributed by atoms with Crippen LogP contribution in [0.4, 0.5) is 0 Å². The minimum absolute atomic E-state index is 0.00210. The van der Waals surface area contributed by atoms with Crippen molar-refractivity contribution in [2.24, 2.45) is 0 Å². The Hall–Kier alpha value is -4.36. The number of benzene rings is 9. The van der Waals surface area contributed by atoms with Crippen molar-refractivity contribution in [1.29, 1.82) is 0 Å². The van der Waals surface area contributed by atoms with Crippen LogP contribution in [-0.4, -0.2) is 220 Å². The minimum Gasteiger partial charge on any atom is -0.457 e. The van der Waals surface area contributed by atoms with Crippen molar-refractivity contribution in [3.8, 4) is 33.4 Å². The van der Waals surface area contributed by atoms with Crippen LogP contribution in [0.1, 0.15) is 0 Å². The highest BCUT2D eigenvalue weighted by Crippen LogP contribution is 2.42. The molecule has 0 aliphatic rings. The predicted molar refractivity (Wildman–Crippen MR) is 351 cm³/mol. The van der Waals surface area contributed by atoms with Crippen LogP contribution in [0, 0.1) is 0 Å². The Morgan fingerprint density at radius 1 is 0.120 bits per heavy atom. The summed E-state index contributed by atoms with van der Waals surface area (Å²) in [6, 6.07) is 0. The van der Waals surface area contributed by atoms with Crippen molar-refractivity contribution >= 4 is 438 Å². The fourth-order valence-corrected chi connectivity index (χ4v) is 10.7. The molecule has 0 saturated carbocycles. The Balaban J connectivity index is 1.46. The average Bonchev–Trinajstić information content (AvgIpc) is 3.85. The van der Waals surface area contributed by atoms with Gasteiger partial charge in [-0.2, -0.15) is 0 Å². The highest BCUT2D eigenvalue weighted by Gasteiger charge is 2.32. The quantitative estimate of drug-likeness (QED) is 0.0979. The first-order chi connectivity index (χ1) is 35.0. The highest BCUT2D eigenvalue weighted by atomic mass is 16.3. The van der Waals surface area contributed by atoms with Gasteiger partial charge in [0.25, 0.3) is 0 Å². The summed E-state index contributed by atoms with van der Waals surface area (Å²) in [5, 5.41) is 0.448. The molecule has 29 heteroatoms. The lowest BCUT2D eigenvalue weighted by molar-refractivity contribution is 0.675. The zero-order chi connectivity index (χ0) is 55.3. The lowest BCUT2D eigenvalue weighted by atomic mass is 9.55. The van der Waals surface area contributed by atoms with Gasteiger partial charge in [0, 0.05) is 10.8 Å². The molecule has 1 heterocycles. The van der Waals surface area contributed by atoms with E-state index in [1.807, 2.05) is 0 Å². The first-order valence-electron chi connectivity index (χ1n) is 22.0. The van der Waals surface area contributed by atoms with E-state index in [1.165, 1.54) is 0 Å². The van der Waals surface area contributed by atoms with Gasteiger partial charge in [0.05, 0.1) is 0 Å². The summed E-state index contributed by atoms with van der Waals surface area (Å²) < 4.78 is 6.20. The fourth-order valence-electron chi connectivity index (χ4n) is 10.7. The second-order valence-electron chi connectivity index (χ2n) is 18.3. The van der Waals surface area contributed by atoms with Gasteiger partial charge in [0.2, 0.25) is 0 Å². The SMILES string of the molecule is [B]c1c([B])c(-c2c3c([B])c([B])c([B])c([B])c3c(-c3c([B])c4c([B])c([B])c([B])c([B])c4c4c([B])c([B])c([B])c([B])c34)c3c([B])c([B])c([B])c([B])c23)c([B])c([B])c1-c1c([B])c([B])c2c(oc3c([B])c([B])c([B])c([B])c32)c1[B]. The van der Waals surface area contributed by atoms with Gasteiger partial charge in [0.15, 0.2) is 0 Å². The van der Waals surface area contributed by atoms with Gasteiger partial charge in [-0.3, -0.25) is 0 Å². The Morgan fingerprint density at radius 2 is 0.320 bits per heavy atom. The van der Waals surface area contributed by atoms with Crippen molar-refractivity contribution in [2.75, 3.05) is 0 Å². The molecular formula is C46B28O. The molecule has 0 N–H and O–H groups in total. The van der Waals surface area contributed by atoms with Crippen molar-refractivity contribution in [2.45, 2.75) is 0 Å². The van der Waals surface area contributed by atoms with Crippen LogP contribution in [0.5, 0.6) is 0 Å². The van der Waals surface area contributed by atoms with E-state index >= 15 is 0 Å². The Labute approximate surface area is 472 Å². The van der Waals surface area contributed by atoms with Crippen LogP contribution in [-0.2, 0) is 0 Å². The summed E-state index contributed by atoms with van der Waals surface area (Å²) in [7, 11) is 190. The topological polar surface area (TPSA) is 13.1 Å². The molecule has 0 spiro atoms. The molecule has 0 fully saturated rings. The fraction of sp³-hybridized carbons (Fsp3) is 0. The molecule has 0 aliphatic carbocycles. The van der Waals surface area contributed by atoms with Crippen molar-refractivity contribution in [3.63, 3.8) is 0 Å². The van der Waals surface area contributed by atoms with Crippen LogP contribution in [0.2, 0.25) is 0 Å². The molecule has 10 rings (SSSR count). The average molecular weight is 871 g/mol. The van der Waals surface area contributed by atoms with Gasteiger partial charge in [-0.1, -0.05) is 92.9 Å². The summed E-state index contributed by atoms with van der Waals surface area (Å²) in [4.78, 5) is 0. The van der Waals surface area contributed by atoms with Gasteiger partial charge in [-0.05, 0) is 81.9 Å². The third-order valence-corrected chi connectivity index (χ3v) is 14.7. The number of hydrogen-bond donors (Lipinski definition) is 0. The summed E-state index contributed by atoms with van der Waals surface area (Å²) >= 11 is 0. The number of furan rings is 1. The summed E-state index contributed by atoms with van der Waals surface area (Å²) in [5.41, 5.74) is -4.87. The van der Waals surface area contributed by atoms with E-state index in [2.05, 4.69) is 0 Å². The molecule has 9 aromatic carbocycles. The van der Waals surface area contributed by atoms with Crippen molar-refractivity contribution < 1.29 is 4.42 Å². The van der Waals surface area contributed by atoms with E-state index in [0.717, 1.165) is 0 Å². The van der Waals surface area contributed by atoms with Gasteiger partial charge >= 0.3 is 0 Å². The zero-order valence-electron chi connectivity index (χ0n) is 39.6.